The third-order valence-electron chi connectivity index (χ3n) is 3.77. The van der Waals surface area contributed by atoms with Gasteiger partial charge in [0.2, 0.25) is 10.0 Å². The number of carbonyl (C=O) groups excluding carboxylic acids is 1. The van der Waals surface area contributed by atoms with Crippen molar-refractivity contribution < 1.29 is 13.2 Å². The average molecular weight is 360 g/mol. The van der Waals surface area contributed by atoms with Crippen LogP contribution in [0.1, 0.15) is 42.3 Å². The van der Waals surface area contributed by atoms with Crippen molar-refractivity contribution in [3.05, 3.63) is 65.2 Å². The third-order valence-corrected chi connectivity index (χ3v) is 4.36. The lowest BCUT2D eigenvalue weighted by Gasteiger charge is -2.19. The monoisotopic (exact) mass is 360 g/mol. The number of amides is 1. The van der Waals surface area contributed by atoms with Crippen LogP contribution in [0.2, 0.25) is 0 Å². The van der Waals surface area contributed by atoms with Gasteiger partial charge in [0.15, 0.2) is 0 Å². The molecule has 6 heteroatoms. The molecule has 0 aliphatic heterocycles. The highest BCUT2D eigenvalue weighted by Gasteiger charge is 2.14. The number of para-hydroxylation sites is 1. The number of anilines is 1. The minimum Gasteiger partial charge on any atom is -0.348 e. The highest BCUT2D eigenvalue weighted by molar-refractivity contribution is 7.92. The van der Waals surface area contributed by atoms with E-state index in [4.69, 9.17) is 0 Å². The Labute approximate surface area is 149 Å². The molecule has 0 aliphatic rings. The van der Waals surface area contributed by atoms with Gasteiger partial charge in [-0.15, -0.1) is 0 Å². The van der Waals surface area contributed by atoms with Crippen LogP contribution in [0.3, 0.4) is 0 Å². The molecule has 0 aliphatic carbocycles. The zero-order chi connectivity index (χ0) is 18.7. The molecular formula is C19H24N2O3S. The number of hydrogen-bond acceptors (Lipinski definition) is 3. The van der Waals surface area contributed by atoms with Crippen molar-refractivity contribution in [2.24, 2.45) is 0 Å². The minimum absolute atomic E-state index is 0.0330. The fourth-order valence-corrected chi connectivity index (χ4v) is 2.97. The number of benzene rings is 2. The molecule has 2 N–H and O–H groups in total. The molecule has 5 nitrogen and oxygen atoms in total. The summed E-state index contributed by atoms with van der Waals surface area (Å²) in [5.74, 6) is -0.199. The predicted molar refractivity (Wildman–Crippen MR) is 101 cm³/mol. The van der Waals surface area contributed by atoms with Crippen molar-refractivity contribution in [2.75, 3.05) is 11.0 Å². The lowest BCUT2D eigenvalue weighted by molar-refractivity contribution is 0.0951. The summed E-state index contributed by atoms with van der Waals surface area (Å²) < 4.78 is 25.3. The van der Waals surface area contributed by atoms with E-state index in [1.807, 2.05) is 12.1 Å². The van der Waals surface area contributed by atoms with Crippen molar-refractivity contribution >= 4 is 21.6 Å². The molecule has 0 spiro atoms. The van der Waals surface area contributed by atoms with Crippen LogP contribution < -0.4 is 10.0 Å². The van der Waals surface area contributed by atoms with Crippen molar-refractivity contribution in [1.82, 2.24) is 5.32 Å². The zero-order valence-corrected chi connectivity index (χ0v) is 15.8. The quantitative estimate of drug-likeness (QED) is 0.859. The molecule has 0 fully saturated rings. The van der Waals surface area contributed by atoms with E-state index >= 15 is 0 Å². The molecule has 0 bridgehead atoms. The van der Waals surface area contributed by atoms with E-state index < -0.39 is 10.0 Å². The van der Waals surface area contributed by atoms with Gasteiger partial charge in [0.1, 0.15) is 0 Å². The molecule has 0 unspecified atom stereocenters. The molecule has 0 aromatic heterocycles. The summed E-state index contributed by atoms with van der Waals surface area (Å²) in [4.78, 5) is 12.3. The molecule has 2 aromatic carbocycles. The van der Waals surface area contributed by atoms with Gasteiger partial charge >= 0.3 is 0 Å². The first kappa shape index (κ1) is 19.0. The molecular weight excluding hydrogens is 336 g/mol. The van der Waals surface area contributed by atoms with E-state index in [-0.39, 0.29) is 17.9 Å². The molecule has 0 radical (unpaired) electrons. The molecule has 1 amide bonds. The standard InChI is InChI=1S/C19H24N2O3S/c1-19(2,3)16-11-9-14(10-12-16)18(22)20-13-15-7-5-6-8-17(15)21-25(4,23)24/h5-12,21H,13H2,1-4H3,(H,20,22). The summed E-state index contributed by atoms with van der Waals surface area (Å²) in [5.41, 5.74) is 2.93. The van der Waals surface area contributed by atoms with Gasteiger partial charge < -0.3 is 5.32 Å². The van der Waals surface area contributed by atoms with Gasteiger partial charge in [0, 0.05) is 12.1 Å². The van der Waals surface area contributed by atoms with Crippen LogP contribution in [0.4, 0.5) is 5.69 Å². The Balaban J connectivity index is 2.08. The Kier molecular flexibility index (Phi) is 5.52. The van der Waals surface area contributed by atoms with Crippen molar-refractivity contribution in [3.8, 4) is 0 Å². The van der Waals surface area contributed by atoms with Gasteiger partial charge in [0.05, 0.1) is 11.9 Å². The van der Waals surface area contributed by atoms with Gasteiger partial charge in [-0.3, -0.25) is 9.52 Å². The van der Waals surface area contributed by atoms with Crippen molar-refractivity contribution in [2.45, 2.75) is 32.7 Å². The first-order chi connectivity index (χ1) is 11.6. The lowest BCUT2D eigenvalue weighted by Crippen LogP contribution is -2.24. The van der Waals surface area contributed by atoms with Crippen LogP contribution in [-0.4, -0.2) is 20.6 Å². The Hall–Kier alpha value is -2.34. The second kappa shape index (κ2) is 7.27. The molecule has 2 rings (SSSR count). The van der Waals surface area contributed by atoms with Crippen molar-refractivity contribution in [1.29, 1.82) is 0 Å². The van der Waals surface area contributed by atoms with Gasteiger partial charge in [-0.1, -0.05) is 51.1 Å². The molecule has 0 saturated carbocycles. The smallest absolute Gasteiger partial charge is 0.251 e. The van der Waals surface area contributed by atoms with Gasteiger partial charge in [-0.25, -0.2) is 8.42 Å². The molecule has 0 atom stereocenters. The number of hydrogen-bond donors (Lipinski definition) is 2. The topological polar surface area (TPSA) is 75.3 Å². The van der Waals surface area contributed by atoms with Crippen molar-refractivity contribution in [3.63, 3.8) is 0 Å². The highest BCUT2D eigenvalue weighted by Crippen LogP contribution is 2.22. The van der Waals surface area contributed by atoms with E-state index in [1.54, 1.807) is 36.4 Å². The maximum Gasteiger partial charge on any atom is 0.251 e. The molecule has 2 aromatic rings. The maximum atomic E-state index is 12.3. The summed E-state index contributed by atoms with van der Waals surface area (Å²) >= 11 is 0. The largest absolute Gasteiger partial charge is 0.348 e. The first-order valence-corrected chi connectivity index (χ1v) is 9.90. The van der Waals surface area contributed by atoms with Crippen LogP contribution in [-0.2, 0) is 22.0 Å². The average Bonchev–Trinajstić information content (AvgIpc) is 2.51. The number of sulfonamides is 1. The Morgan fingerprint density at radius 2 is 1.60 bits per heavy atom. The van der Waals surface area contributed by atoms with Crippen LogP contribution in [0.25, 0.3) is 0 Å². The molecule has 0 saturated heterocycles. The highest BCUT2D eigenvalue weighted by atomic mass is 32.2. The molecule has 0 heterocycles. The fourth-order valence-electron chi connectivity index (χ4n) is 2.37. The minimum atomic E-state index is -3.37. The van der Waals surface area contributed by atoms with E-state index in [0.717, 1.165) is 11.8 Å². The molecule has 134 valence electrons. The fraction of sp³-hybridized carbons (Fsp3) is 0.316. The summed E-state index contributed by atoms with van der Waals surface area (Å²) in [7, 11) is -3.37. The molecule has 25 heavy (non-hydrogen) atoms. The maximum absolute atomic E-state index is 12.3. The Morgan fingerprint density at radius 1 is 1.00 bits per heavy atom. The third kappa shape index (κ3) is 5.60. The normalized spacial score (nSPS) is 11.8. The van der Waals surface area contributed by atoms with Crippen LogP contribution in [0, 0.1) is 0 Å². The Bertz CT molecular complexity index is 851. The van der Waals surface area contributed by atoms with Gasteiger partial charge in [-0.2, -0.15) is 0 Å². The number of rotatable bonds is 5. The SMILES string of the molecule is CC(C)(C)c1ccc(C(=O)NCc2ccccc2NS(C)(=O)=O)cc1. The summed E-state index contributed by atoms with van der Waals surface area (Å²) in [6.45, 7) is 6.59. The van der Waals surface area contributed by atoms with Gasteiger partial charge in [0.25, 0.3) is 5.91 Å². The van der Waals surface area contributed by atoms with Crippen LogP contribution >= 0.6 is 0 Å². The van der Waals surface area contributed by atoms with Gasteiger partial charge in [-0.05, 0) is 34.7 Å². The summed E-state index contributed by atoms with van der Waals surface area (Å²) in [6.07, 6.45) is 1.10. The van der Waals surface area contributed by atoms with E-state index in [0.29, 0.717) is 16.8 Å². The second-order valence-corrected chi connectivity index (χ2v) is 8.79. The summed E-state index contributed by atoms with van der Waals surface area (Å²) in [5, 5.41) is 2.83. The number of nitrogens with one attached hydrogen (secondary N) is 2. The second-order valence-electron chi connectivity index (χ2n) is 7.04. The predicted octanol–water partition coefficient (Wildman–Crippen LogP) is 3.29. The Morgan fingerprint density at radius 3 is 2.16 bits per heavy atom. The summed E-state index contributed by atoms with van der Waals surface area (Å²) in [6, 6.07) is 14.5. The van der Waals surface area contributed by atoms with Crippen LogP contribution in [0.15, 0.2) is 48.5 Å². The lowest BCUT2D eigenvalue weighted by atomic mass is 9.87. The first-order valence-electron chi connectivity index (χ1n) is 8.01. The number of carbonyl (C=O) groups is 1. The van der Waals surface area contributed by atoms with E-state index in [2.05, 4.69) is 30.8 Å². The van der Waals surface area contributed by atoms with E-state index in [9.17, 15) is 13.2 Å². The van der Waals surface area contributed by atoms with E-state index in [1.165, 1.54) is 0 Å². The van der Waals surface area contributed by atoms with Crippen LogP contribution in [0.5, 0.6) is 0 Å². The zero-order valence-electron chi connectivity index (χ0n) is 15.0.